The van der Waals surface area contributed by atoms with Gasteiger partial charge in [0, 0.05) is 12.1 Å². The number of likely N-dealkylation sites (tertiary alicyclic amines) is 1. The van der Waals surface area contributed by atoms with Crippen LogP contribution >= 0.6 is 0 Å². The molecule has 0 amide bonds. The SMILES string of the molecule is C1CC[C@@H]2[C@H](C1)CCCN2CCCNC1CC1. The molecule has 1 aliphatic heterocycles. The van der Waals surface area contributed by atoms with Gasteiger partial charge in [-0.2, -0.15) is 0 Å². The fourth-order valence-electron chi connectivity index (χ4n) is 3.88. The topological polar surface area (TPSA) is 15.3 Å². The van der Waals surface area contributed by atoms with Crippen LogP contribution in [0.1, 0.15) is 57.8 Å². The van der Waals surface area contributed by atoms with E-state index in [4.69, 9.17) is 0 Å². The third-order valence-electron chi connectivity index (χ3n) is 4.99. The van der Waals surface area contributed by atoms with Gasteiger partial charge in [-0.15, -0.1) is 0 Å². The molecule has 0 radical (unpaired) electrons. The molecule has 0 bridgehead atoms. The average Bonchev–Trinajstić information content (AvgIpc) is 3.19. The number of hydrogen-bond acceptors (Lipinski definition) is 2. The van der Waals surface area contributed by atoms with Gasteiger partial charge >= 0.3 is 0 Å². The van der Waals surface area contributed by atoms with Gasteiger partial charge in [-0.1, -0.05) is 12.8 Å². The Bertz CT molecular complexity index is 235. The summed E-state index contributed by atoms with van der Waals surface area (Å²) < 4.78 is 0. The van der Waals surface area contributed by atoms with E-state index in [2.05, 4.69) is 10.2 Å². The first-order valence-electron chi connectivity index (χ1n) is 7.91. The van der Waals surface area contributed by atoms with Crippen LogP contribution in [0.15, 0.2) is 0 Å². The minimum Gasteiger partial charge on any atom is -0.314 e. The van der Waals surface area contributed by atoms with Crippen molar-refractivity contribution in [2.75, 3.05) is 19.6 Å². The molecule has 1 heterocycles. The van der Waals surface area contributed by atoms with E-state index in [9.17, 15) is 0 Å². The monoisotopic (exact) mass is 236 g/mol. The van der Waals surface area contributed by atoms with Crippen molar-refractivity contribution in [3.8, 4) is 0 Å². The molecule has 2 saturated carbocycles. The summed E-state index contributed by atoms with van der Waals surface area (Å²) >= 11 is 0. The molecule has 98 valence electrons. The lowest BCUT2D eigenvalue weighted by molar-refractivity contribution is 0.0601. The lowest BCUT2D eigenvalue weighted by Crippen LogP contribution is -2.47. The van der Waals surface area contributed by atoms with E-state index in [-0.39, 0.29) is 0 Å². The molecule has 0 aromatic heterocycles. The molecule has 0 aromatic carbocycles. The van der Waals surface area contributed by atoms with Crippen molar-refractivity contribution < 1.29 is 0 Å². The molecule has 1 saturated heterocycles. The summed E-state index contributed by atoms with van der Waals surface area (Å²) in [5.41, 5.74) is 0. The molecule has 3 aliphatic rings. The molecule has 2 atom stereocenters. The van der Waals surface area contributed by atoms with Gasteiger partial charge < -0.3 is 10.2 Å². The first kappa shape index (κ1) is 12.0. The van der Waals surface area contributed by atoms with E-state index in [1.54, 1.807) is 0 Å². The average molecular weight is 236 g/mol. The highest BCUT2D eigenvalue weighted by Gasteiger charge is 2.32. The van der Waals surface area contributed by atoms with Crippen molar-refractivity contribution in [1.29, 1.82) is 0 Å². The van der Waals surface area contributed by atoms with Crippen LogP contribution in [0.4, 0.5) is 0 Å². The molecular formula is C15H28N2. The second-order valence-electron chi connectivity index (χ2n) is 6.37. The molecule has 0 spiro atoms. The van der Waals surface area contributed by atoms with Crippen LogP contribution in [0, 0.1) is 5.92 Å². The smallest absolute Gasteiger partial charge is 0.0123 e. The van der Waals surface area contributed by atoms with Gasteiger partial charge in [0.15, 0.2) is 0 Å². The summed E-state index contributed by atoms with van der Waals surface area (Å²) in [6.45, 7) is 3.98. The van der Waals surface area contributed by atoms with Gasteiger partial charge in [0.2, 0.25) is 0 Å². The summed E-state index contributed by atoms with van der Waals surface area (Å²) in [5, 5.41) is 3.64. The fourth-order valence-corrected chi connectivity index (χ4v) is 3.88. The van der Waals surface area contributed by atoms with Gasteiger partial charge in [0.1, 0.15) is 0 Å². The van der Waals surface area contributed by atoms with Gasteiger partial charge in [-0.3, -0.25) is 0 Å². The maximum atomic E-state index is 3.64. The highest BCUT2D eigenvalue weighted by molar-refractivity contribution is 4.87. The van der Waals surface area contributed by atoms with Crippen molar-refractivity contribution in [3.05, 3.63) is 0 Å². The van der Waals surface area contributed by atoms with Crippen molar-refractivity contribution in [2.45, 2.75) is 69.9 Å². The van der Waals surface area contributed by atoms with Gasteiger partial charge in [0.05, 0.1) is 0 Å². The zero-order chi connectivity index (χ0) is 11.5. The molecular weight excluding hydrogens is 208 g/mol. The van der Waals surface area contributed by atoms with Gasteiger partial charge in [0.25, 0.3) is 0 Å². The van der Waals surface area contributed by atoms with E-state index < -0.39 is 0 Å². The molecule has 2 nitrogen and oxygen atoms in total. The molecule has 2 aliphatic carbocycles. The summed E-state index contributed by atoms with van der Waals surface area (Å²) in [5.74, 6) is 1.05. The molecule has 3 fully saturated rings. The Kier molecular flexibility index (Phi) is 4.02. The summed E-state index contributed by atoms with van der Waals surface area (Å²) in [6.07, 6.45) is 13.2. The predicted molar refractivity (Wildman–Crippen MR) is 72.2 cm³/mol. The predicted octanol–water partition coefficient (Wildman–Crippen LogP) is 2.78. The molecule has 17 heavy (non-hydrogen) atoms. The van der Waals surface area contributed by atoms with Crippen molar-refractivity contribution in [1.82, 2.24) is 10.2 Å². The molecule has 0 aromatic rings. The Morgan fingerprint density at radius 3 is 2.65 bits per heavy atom. The van der Waals surface area contributed by atoms with Gasteiger partial charge in [-0.25, -0.2) is 0 Å². The second kappa shape index (κ2) is 5.71. The van der Waals surface area contributed by atoms with Crippen molar-refractivity contribution in [3.63, 3.8) is 0 Å². The Morgan fingerprint density at radius 1 is 0.941 bits per heavy atom. The Morgan fingerprint density at radius 2 is 1.76 bits per heavy atom. The molecule has 1 N–H and O–H groups in total. The standard InChI is InChI=1S/C15H28N2/c1-2-7-15-13(5-1)6-3-11-17(15)12-4-10-16-14-8-9-14/h13-16H,1-12H2/t13-,15-/m1/s1. The second-order valence-corrected chi connectivity index (χ2v) is 6.37. The highest BCUT2D eigenvalue weighted by atomic mass is 15.2. The molecule has 3 rings (SSSR count). The lowest BCUT2D eigenvalue weighted by atomic mass is 9.78. The normalized spacial score (nSPS) is 34.6. The van der Waals surface area contributed by atoms with E-state index in [0.717, 1.165) is 18.0 Å². The highest BCUT2D eigenvalue weighted by Crippen LogP contribution is 2.35. The van der Waals surface area contributed by atoms with E-state index in [1.807, 2.05) is 0 Å². The largest absolute Gasteiger partial charge is 0.314 e. The first-order chi connectivity index (χ1) is 8.43. The van der Waals surface area contributed by atoms with E-state index >= 15 is 0 Å². The minimum atomic E-state index is 0.888. The van der Waals surface area contributed by atoms with Gasteiger partial charge in [-0.05, 0) is 70.5 Å². The van der Waals surface area contributed by atoms with Crippen LogP contribution in [0.5, 0.6) is 0 Å². The third kappa shape index (κ3) is 3.23. The third-order valence-corrected chi connectivity index (χ3v) is 4.99. The number of fused-ring (bicyclic) bond motifs is 1. The zero-order valence-corrected chi connectivity index (χ0v) is 11.2. The Labute approximate surface area is 106 Å². The Balaban J connectivity index is 1.40. The number of nitrogens with one attached hydrogen (secondary N) is 1. The quantitative estimate of drug-likeness (QED) is 0.738. The summed E-state index contributed by atoms with van der Waals surface area (Å²) in [4.78, 5) is 2.82. The minimum absolute atomic E-state index is 0.888. The van der Waals surface area contributed by atoms with Crippen molar-refractivity contribution >= 4 is 0 Å². The first-order valence-corrected chi connectivity index (χ1v) is 7.91. The maximum absolute atomic E-state index is 3.64. The van der Waals surface area contributed by atoms with E-state index in [0.29, 0.717) is 0 Å². The number of rotatable bonds is 5. The van der Waals surface area contributed by atoms with Crippen LogP contribution in [0.25, 0.3) is 0 Å². The number of nitrogens with zero attached hydrogens (tertiary/aromatic N) is 1. The van der Waals surface area contributed by atoms with Crippen LogP contribution in [-0.2, 0) is 0 Å². The maximum Gasteiger partial charge on any atom is 0.0123 e. The molecule has 2 heteroatoms. The number of hydrogen-bond donors (Lipinski definition) is 1. The van der Waals surface area contributed by atoms with Crippen molar-refractivity contribution in [2.24, 2.45) is 5.92 Å². The molecule has 0 unspecified atom stereocenters. The fraction of sp³-hybridized carbons (Fsp3) is 1.00. The van der Waals surface area contributed by atoms with E-state index in [1.165, 1.54) is 77.4 Å². The van der Waals surface area contributed by atoms with Crippen LogP contribution < -0.4 is 5.32 Å². The summed E-state index contributed by atoms with van der Waals surface area (Å²) in [6, 6.07) is 1.84. The zero-order valence-electron chi connectivity index (χ0n) is 11.2. The van der Waals surface area contributed by atoms with Crippen LogP contribution in [0.3, 0.4) is 0 Å². The summed E-state index contributed by atoms with van der Waals surface area (Å²) in [7, 11) is 0. The lowest BCUT2D eigenvalue weighted by Gasteiger charge is -2.44. The number of piperidine rings is 1. The Hall–Kier alpha value is -0.0800. The van der Waals surface area contributed by atoms with Crippen LogP contribution in [0.2, 0.25) is 0 Å². The van der Waals surface area contributed by atoms with Crippen LogP contribution in [-0.4, -0.2) is 36.6 Å².